The monoisotopic (exact) mass is 283 g/mol. The minimum absolute atomic E-state index is 0.223. The van der Waals surface area contributed by atoms with E-state index in [4.69, 9.17) is 0 Å². The number of aryl methyl sites for hydroxylation is 2. The molecule has 0 amide bonds. The van der Waals surface area contributed by atoms with Gasteiger partial charge in [-0.1, -0.05) is 36.2 Å². The zero-order valence-electron chi connectivity index (χ0n) is 12.4. The third-order valence-electron chi connectivity index (χ3n) is 3.09. The first kappa shape index (κ1) is 16.2. The molecule has 108 valence electrons. The predicted molar refractivity (Wildman–Crippen MR) is 81.4 cm³/mol. The molecular formula is C15H25NO2S. The molecule has 0 aliphatic carbocycles. The third-order valence-corrected chi connectivity index (χ3v) is 4.07. The lowest BCUT2D eigenvalue weighted by atomic mass is 10.00. The summed E-state index contributed by atoms with van der Waals surface area (Å²) in [5.74, 6) is 0.246. The first-order valence-electron chi connectivity index (χ1n) is 6.78. The summed E-state index contributed by atoms with van der Waals surface area (Å²) in [6.07, 6.45) is 2.85. The fraction of sp³-hybridized carbons (Fsp3) is 0.600. The highest BCUT2D eigenvalue weighted by molar-refractivity contribution is 7.90. The summed E-state index contributed by atoms with van der Waals surface area (Å²) >= 11 is 0. The van der Waals surface area contributed by atoms with Crippen molar-refractivity contribution in [1.29, 1.82) is 0 Å². The van der Waals surface area contributed by atoms with Gasteiger partial charge in [0.25, 0.3) is 0 Å². The smallest absolute Gasteiger partial charge is 0.147 e. The van der Waals surface area contributed by atoms with Crippen molar-refractivity contribution < 1.29 is 8.42 Å². The van der Waals surface area contributed by atoms with Gasteiger partial charge in [0.2, 0.25) is 0 Å². The van der Waals surface area contributed by atoms with Crippen LogP contribution in [-0.2, 0) is 16.3 Å². The van der Waals surface area contributed by atoms with Crippen molar-refractivity contribution in [3.05, 3.63) is 34.9 Å². The molecule has 0 fully saturated rings. The van der Waals surface area contributed by atoms with Crippen molar-refractivity contribution in [2.45, 2.75) is 39.7 Å². The molecule has 0 aromatic heterocycles. The zero-order chi connectivity index (χ0) is 14.5. The molecule has 0 saturated heterocycles. The quantitative estimate of drug-likeness (QED) is 0.835. The van der Waals surface area contributed by atoms with Gasteiger partial charge >= 0.3 is 0 Å². The summed E-state index contributed by atoms with van der Waals surface area (Å²) < 4.78 is 22.5. The second kappa shape index (κ2) is 7.06. The Balaban J connectivity index is 2.71. The molecule has 0 spiro atoms. The molecule has 0 heterocycles. The van der Waals surface area contributed by atoms with Crippen LogP contribution in [0.15, 0.2) is 18.2 Å². The van der Waals surface area contributed by atoms with Crippen LogP contribution in [0.1, 0.15) is 30.0 Å². The van der Waals surface area contributed by atoms with E-state index in [1.54, 1.807) is 0 Å². The van der Waals surface area contributed by atoms with Crippen LogP contribution in [0.5, 0.6) is 0 Å². The summed E-state index contributed by atoms with van der Waals surface area (Å²) in [6, 6.07) is 6.73. The lowest BCUT2D eigenvalue weighted by molar-refractivity contribution is 0.506. The molecule has 0 aliphatic rings. The second-order valence-corrected chi connectivity index (χ2v) is 7.63. The highest BCUT2D eigenvalue weighted by Gasteiger charge is 2.12. The standard InChI is InChI=1S/C15H25NO2S/c1-5-16-15(6-7-19(4,17)18)11-14-9-12(2)8-13(3)10-14/h8-10,15-16H,5-7,11H2,1-4H3. The largest absolute Gasteiger partial charge is 0.314 e. The summed E-state index contributed by atoms with van der Waals surface area (Å²) in [7, 11) is -2.89. The van der Waals surface area contributed by atoms with Crippen molar-refractivity contribution in [3.8, 4) is 0 Å². The number of hydrogen-bond donors (Lipinski definition) is 1. The number of rotatable bonds is 7. The molecule has 1 aromatic rings. The third kappa shape index (κ3) is 6.73. The average molecular weight is 283 g/mol. The molecule has 1 atom stereocenters. The first-order valence-corrected chi connectivity index (χ1v) is 8.84. The Kier molecular flexibility index (Phi) is 6.01. The molecule has 1 aromatic carbocycles. The predicted octanol–water partition coefficient (Wildman–Crippen LogP) is 2.26. The molecule has 1 unspecified atom stereocenters. The van der Waals surface area contributed by atoms with Crippen molar-refractivity contribution in [1.82, 2.24) is 5.32 Å². The van der Waals surface area contributed by atoms with E-state index in [0.717, 1.165) is 13.0 Å². The molecule has 4 heteroatoms. The minimum atomic E-state index is -2.89. The second-order valence-electron chi connectivity index (χ2n) is 5.37. The molecule has 1 N–H and O–H groups in total. The lowest BCUT2D eigenvalue weighted by Crippen LogP contribution is -2.32. The van der Waals surface area contributed by atoms with Crippen LogP contribution in [0.25, 0.3) is 0 Å². The summed E-state index contributed by atoms with van der Waals surface area (Å²) in [5.41, 5.74) is 3.79. The minimum Gasteiger partial charge on any atom is -0.314 e. The van der Waals surface area contributed by atoms with Gasteiger partial charge in [-0.25, -0.2) is 8.42 Å². The fourth-order valence-corrected chi connectivity index (χ4v) is 3.11. The molecule has 1 rings (SSSR count). The van der Waals surface area contributed by atoms with E-state index in [1.165, 1.54) is 22.9 Å². The molecule has 0 aliphatic heterocycles. The van der Waals surface area contributed by atoms with Crippen LogP contribution in [0.2, 0.25) is 0 Å². The SMILES string of the molecule is CCNC(CCS(C)(=O)=O)Cc1cc(C)cc(C)c1. The van der Waals surface area contributed by atoms with E-state index in [1.807, 2.05) is 0 Å². The average Bonchev–Trinajstić information content (AvgIpc) is 2.23. The van der Waals surface area contributed by atoms with Gasteiger partial charge in [-0.05, 0) is 38.8 Å². The Morgan fingerprint density at radius 3 is 2.21 bits per heavy atom. The van der Waals surface area contributed by atoms with Crippen LogP contribution in [0.4, 0.5) is 0 Å². The molecule has 19 heavy (non-hydrogen) atoms. The van der Waals surface area contributed by atoms with E-state index in [0.29, 0.717) is 6.42 Å². The van der Waals surface area contributed by atoms with E-state index in [-0.39, 0.29) is 11.8 Å². The van der Waals surface area contributed by atoms with Crippen molar-refractivity contribution in [2.75, 3.05) is 18.6 Å². The van der Waals surface area contributed by atoms with Crippen molar-refractivity contribution in [2.24, 2.45) is 0 Å². The van der Waals surface area contributed by atoms with Crippen LogP contribution in [-0.4, -0.2) is 33.0 Å². The van der Waals surface area contributed by atoms with Gasteiger partial charge in [-0.15, -0.1) is 0 Å². The molecule has 3 nitrogen and oxygen atoms in total. The Morgan fingerprint density at radius 2 is 1.74 bits per heavy atom. The number of nitrogens with one attached hydrogen (secondary N) is 1. The Morgan fingerprint density at radius 1 is 1.16 bits per heavy atom. The number of likely N-dealkylation sites (N-methyl/N-ethyl adjacent to an activating group) is 1. The van der Waals surface area contributed by atoms with E-state index >= 15 is 0 Å². The molecule has 0 saturated carbocycles. The number of benzene rings is 1. The highest BCUT2D eigenvalue weighted by Crippen LogP contribution is 2.12. The van der Waals surface area contributed by atoms with Crippen LogP contribution < -0.4 is 5.32 Å². The van der Waals surface area contributed by atoms with Crippen molar-refractivity contribution in [3.63, 3.8) is 0 Å². The van der Waals surface area contributed by atoms with Gasteiger partial charge in [0.15, 0.2) is 0 Å². The maximum Gasteiger partial charge on any atom is 0.147 e. The Hall–Kier alpha value is -0.870. The number of hydrogen-bond acceptors (Lipinski definition) is 3. The Labute approximate surface area is 117 Å². The normalized spacial score (nSPS) is 13.5. The van der Waals surface area contributed by atoms with Gasteiger partial charge < -0.3 is 5.32 Å². The Bertz CT molecular complexity index is 489. The fourth-order valence-electron chi connectivity index (χ4n) is 2.39. The van der Waals surface area contributed by atoms with E-state index in [9.17, 15) is 8.42 Å². The van der Waals surface area contributed by atoms with Crippen LogP contribution in [0, 0.1) is 13.8 Å². The van der Waals surface area contributed by atoms with Gasteiger partial charge in [-0.2, -0.15) is 0 Å². The molecule has 0 radical (unpaired) electrons. The molecular weight excluding hydrogens is 258 g/mol. The summed E-state index contributed by atoms with van der Waals surface area (Å²) in [5, 5.41) is 3.38. The van der Waals surface area contributed by atoms with E-state index < -0.39 is 9.84 Å². The van der Waals surface area contributed by atoms with Gasteiger partial charge in [-0.3, -0.25) is 0 Å². The topological polar surface area (TPSA) is 46.2 Å². The van der Waals surface area contributed by atoms with Gasteiger partial charge in [0, 0.05) is 12.3 Å². The van der Waals surface area contributed by atoms with E-state index in [2.05, 4.69) is 44.3 Å². The van der Waals surface area contributed by atoms with Gasteiger partial charge in [0.05, 0.1) is 5.75 Å². The lowest BCUT2D eigenvalue weighted by Gasteiger charge is -2.18. The number of sulfone groups is 1. The van der Waals surface area contributed by atoms with Crippen LogP contribution in [0.3, 0.4) is 0 Å². The first-order chi connectivity index (χ1) is 8.80. The highest BCUT2D eigenvalue weighted by atomic mass is 32.2. The van der Waals surface area contributed by atoms with Crippen molar-refractivity contribution >= 4 is 9.84 Å². The van der Waals surface area contributed by atoms with Gasteiger partial charge in [0.1, 0.15) is 9.84 Å². The summed E-state index contributed by atoms with van der Waals surface area (Å²) in [4.78, 5) is 0. The maximum absolute atomic E-state index is 11.3. The summed E-state index contributed by atoms with van der Waals surface area (Å²) in [6.45, 7) is 7.10. The van der Waals surface area contributed by atoms with Crippen LogP contribution >= 0.6 is 0 Å². The zero-order valence-corrected chi connectivity index (χ0v) is 13.2. The molecule has 0 bridgehead atoms. The maximum atomic E-state index is 11.3.